The third kappa shape index (κ3) is 4.99. The highest BCUT2D eigenvalue weighted by molar-refractivity contribution is 7.89. The zero-order valence-electron chi connectivity index (χ0n) is 17.8. The lowest BCUT2D eigenvalue weighted by molar-refractivity contribution is -0.120. The molecule has 30 heavy (non-hydrogen) atoms. The molecule has 7 nitrogen and oxygen atoms in total. The van der Waals surface area contributed by atoms with E-state index in [0.29, 0.717) is 32.0 Å². The van der Waals surface area contributed by atoms with Crippen molar-refractivity contribution in [1.82, 2.24) is 9.29 Å². The Morgan fingerprint density at radius 3 is 2.40 bits per heavy atom. The fourth-order valence-corrected chi connectivity index (χ4v) is 5.27. The Bertz CT molecular complexity index is 938. The van der Waals surface area contributed by atoms with Gasteiger partial charge in [-0.3, -0.25) is 9.78 Å². The van der Waals surface area contributed by atoms with Crippen molar-refractivity contribution in [1.29, 1.82) is 0 Å². The van der Waals surface area contributed by atoms with Crippen molar-refractivity contribution in [3.05, 3.63) is 48.8 Å². The number of hydrogen-bond acceptors (Lipinski definition) is 5. The van der Waals surface area contributed by atoms with Gasteiger partial charge in [0.05, 0.1) is 0 Å². The van der Waals surface area contributed by atoms with Crippen LogP contribution in [0.2, 0.25) is 0 Å². The van der Waals surface area contributed by atoms with E-state index in [4.69, 9.17) is 0 Å². The molecule has 1 aliphatic heterocycles. The quantitative estimate of drug-likeness (QED) is 0.728. The van der Waals surface area contributed by atoms with Crippen LogP contribution in [0.4, 0.5) is 11.4 Å². The maximum absolute atomic E-state index is 12.7. The molecule has 0 bridgehead atoms. The van der Waals surface area contributed by atoms with Crippen LogP contribution in [0, 0.1) is 5.92 Å². The number of piperidine rings is 1. The molecule has 1 aromatic carbocycles. The van der Waals surface area contributed by atoms with Crippen molar-refractivity contribution >= 4 is 27.3 Å². The first-order valence-corrected chi connectivity index (χ1v) is 11.8. The Balaban J connectivity index is 1.57. The van der Waals surface area contributed by atoms with Crippen molar-refractivity contribution < 1.29 is 13.2 Å². The SMILES string of the molecule is CCN(c1ccc(NC(=O)C2CCN(S(=O)(=O)c3cccnc3)CC2)cc1)C(C)C. The minimum Gasteiger partial charge on any atom is -0.369 e. The van der Waals surface area contributed by atoms with E-state index >= 15 is 0 Å². The average Bonchev–Trinajstić information content (AvgIpc) is 2.76. The van der Waals surface area contributed by atoms with Crippen molar-refractivity contribution in [2.45, 2.75) is 44.6 Å². The minimum absolute atomic E-state index is 0.0580. The monoisotopic (exact) mass is 430 g/mol. The summed E-state index contributed by atoms with van der Waals surface area (Å²) in [7, 11) is -3.56. The first-order chi connectivity index (χ1) is 14.3. The predicted octanol–water partition coefficient (Wildman–Crippen LogP) is 3.36. The zero-order chi connectivity index (χ0) is 21.7. The average molecular weight is 431 g/mol. The number of anilines is 2. The molecule has 1 fully saturated rings. The van der Waals surface area contributed by atoms with Crippen LogP contribution < -0.4 is 10.2 Å². The van der Waals surface area contributed by atoms with E-state index in [1.54, 1.807) is 18.3 Å². The second-order valence-electron chi connectivity index (χ2n) is 7.78. The Morgan fingerprint density at radius 1 is 1.20 bits per heavy atom. The van der Waals surface area contributed by atoms with Gasteiger partial charge >= 0.3 is 0 Å². The van der Waals surface area contributed by atoms with E-state index < -0.39 is 10.0 Å². The summed E-state index contributed by atoms with van der Waals surface area (Å²) in [5.74, 6) is -0.259. The number of carbonyl (C=O) groups excluding carboxylic acids is 1. The number of rotatable bonds is 7. The summed E-state index contributed by atoms with van der Waals surface area (Å²) in [4.78, 5) is 19.0. The summed E-state index contributed by atoms with van der Waals surface area (Å²) in [6.07, 6.45) is 3.90. The van der Waals surface area contributed by atoms with Gasteiger partial charge < -0.3 is 10.2 Å². The van der Waals surface area contributed by atoms with Crippen molar-refractivity contribution in [2.24, 2.45) is 5.92 Å². The van der Waals surface area contributed by atoms with Crippen LogP contribution >= 0.6 is 0 Å². The Morgan fingerprint density at radius 2 is 1.87 bits per heavy atom. The molecule has 1 N–H and O–H groups in total. The van der Waals surface area contributed by atoms with Crippen LogP contribution in [-0.2, 0) is 14.8 Å². The molecular weight excluding hydrogens is 400 g/mol. The molecule has 3 rings (SSSR count). The first-order valence-electron chi connectivity index (χ1n) is 10.4. The van der Waals surface area contributed by atoms with E-state index in [9.17, 15) is 13.2 Å². The van der Waals surface area contributed by atoms with Crippen LogP contribution in [-0.4, -0.2) is 49.3 Å². The molecule has 1 aliphatic rings. The number of aromatic nitrogens is 1. The predicted molar refractivity (Wildman–Crippen MR) is 119 cm³/mol. The molecule has 0 spiro atoms. The number of benzene rings is 1. The maximum Gasteiger partial charge on any atom is 0.244 e. The van der Waals surface area contributed by atoms with Crippen LogP contribution in [0.3, 0.4) is 0 Å². The summed E-state index contributed by atoms with van der Waals surface area (Å²) in [6.45, 7) is 8.00. The van der Waals surface area contributed by atoms with Gasteiger partial charge in [0.1, 0.15) is 4.90 Å². The number of pyridine rings is 1. The highest BCUT2D eigenvalue weighted by atomic mass is 32.2. The Labute approximate surface area is 179 Å². The van der Waals surface area contributed by atoms with Crippen LogP contribution in [0.25, 0.3) is 0 Å². The first kappa shape index (κ1) is 22.2. The van der Waals surface area contributed by atoms with E-state index in [-0.39, 0.29) is 16.7 Å². The molecule has 162 valence electrons. The van der Waals surface area contributed by atoms with Gasteiger partial charge in [-0.1, -0.05) is 0 Å². The largest absolute Gasteiger partial charge is 0.369 e. The number of nitrogens with one attached hydrogen (secondary N) is 1. The van der Waals surface area contributed by atoms with Crippen LogP contribution in [0.1, 0.15) is 33.6 Å². The van der Waals surface area contributed by atoms with E-state index in [0.717, 1.165) is 17.9 Å². The molecule has 0 aliphatic carbocycles. The van der Waals surface area contributed by atoms with Gasteiger partial charge in [-0.05, 0) is 70.0 Å². The molecule has 0 unspecified atom stereocenters. The number of amides is 1. The molecular formula is C22H30N4O3S. The summed E-state index contributed by atoms with van der Waals surface area (Å²) in [5.41, 5.74) is 1.88. The van der Waals surface area contributed by atoms with Gasteiger partial charge in [-0.15, -0.1) is 0 Å². The Kier molecular flexibility index (Phi) is 7.10. The van der Waals surface area contributed by atoms with Gasteiger partial charge in [-0.2, -0.15) is 4.31 Å². The van der Waals surface area contributed by atoms with E-state index in [2.05, 4.69) is 36.0 Å². The summed E-state index contributed by atoms with van der Waals surface area (Å²) in [6, 6.07) is 11.4. The maximum atomic E-state index is 12.7. The smallest absolute Gasteiger partial charge is 0.244 e. The fourth-order valence-electron chi connectivity index (χ4n) is 3.83. The standard InChI is InChI=1S/C22H30N4O3S/c1-4-26(17(2)3)20-9-7-19(8-10-20)24-22(27)18-11-14-25(15-12-18)30(28,29)21-6-5-13-23-16-21/h5-10,13,16-18H,4,11-12,14-15H2,1-3H3,(H,24,27). The zero-order valence-corrected chi connectivity index (χ0v) is 18.6. The molecule has 2 aromatic rings. The topological polar surface area (TPSA) is 82.6 Å². The summed E-state index contributed by atoms with van der Waals surface area (Å²) < 4.78 is 26.8. The molecule has 8 heteroatoms. The number of sulfonamides is 1. The molecule has 1 aromatic heterocycles. The van der Waals surface area contributed by atoms with Crippen LogP contribution in [0.15, 0.2) is 53.7 Å². The lowest BCUT2D eigenvalue weighted by Crippen LogP contribution is -2.41. The summed E-state index contributed by atoms with van der Waals surface area (Å²) >= 11 is 0. The van der Waals surface area contributed by atoms with Gasteiger partial charge in [-0.25, -0.2) is 8.42 Å². The fraction of sp³-hybridized carbons (Fsp3) is 0.455. The second-order valence-corrected chi connectivity index (χ2v) is 9.72. The number of hydrogen-bond donors (Lipinski definition) is 1. The van der Waals surface area contributed by atoms with Gasteiger partial charge in [0.25, 0.3) is 0 Å². The van der Waals surface area contributed by atoms with Crippen molar-refractivity contribution in [3.8, 4) is 0 Å². The van der Waals surface area contributed by atoms with Crippen LogP contribution in [0.5, 0.6) is 0 Å². The molecule has 0 atom stereocenters. The lowest BCUT2D eigenvalue weighted by atomic mass is 9.97. The highest BCUT2D eigenvalue weighted by Crippen LogP contribution is 2.25. The van der Waals surface area contributed by atoms with Gasteiger partial charge in [0.15, 0.2) is 0 Å². The number of nitrogens with zero attached hydrogens (tertiary/aromatic N) is 3. The third-order valence-corrected chi connectivity index (χ3v) is 7.41. The van der Waals surface area contributed by atoms with E-state index in [1.165, 1.54) is 10.5 Å². The second kappa shape index (κ2) is 9.57. The molecule has 1 saturated heterocycles. The van der Waals surface area contributed by atoms with Gasteiger partial charge in [0.2, 0.25) is 15.9 Å². The number of carbonyl (C=O) groups is 1. The van der Waals surface area contributed by atoms with Crippen molar-refractivity contribution in [2.75, 3.05) is 29.9 Å². The lowest BCUT2D eigenvalue weighted by Gasteiger charge is -2.30. The highest BCUT2D eigenvalue weighted by Gasteiger charge is 2.32. The summed E-state index contributed by atoms with van der Waals surface area (Å²) in [5, 5.41) is 2.97. The Hall–Kier alpha value is -2.45. The third-order valence-electron chi connectivity index (χ3n) is 5.53. The van der Waals surface area contributed by atoms with E-state index in [1.807, 2.05) is 24.3 Å². The van der Waals surface area contributed by atoms with Crippen molar-refractivity contribution in [3.63, 3.8) is 0 Å². The molecule has 0 saturated carbocycles. The van der Waals surface area contributed by atoms with Gasteiger partial charge in [0, 0.05) is 55.4 Å². The molecule has 2 heterocycles. The minimum atomic E-state index is -3.56. The molecule has 0 radical (unpaired) electrons. The normalized spacial score (nSPS) is 15.9. The molecule has 1 amide bonds.